The van der Waals surface area contributed by atoms with Gasteiger partial charge in [0.2, 0.25) is 5.83 Å². The number of ether oxygens (including phenoxy) is 1. The maximum absolute atomic E-state index is 13.3. The third-order valence-electron chi connectivity index (χ3n) is 4.12. The van der Waals surface area contributed by atoms with Crippen LogP contribution >= 0.6 is 23.5 Å². The zero-order valence-electron chi connectivity index (χ0n) is 15.0. The first-order chi connectivity index (χ1) is 13.0. The van der Waals surface area contributed by atoms with E-state index in [4.69, 9.17) is 9.84 Å². The smallest absolute Gasteiger partial charge is 0.368 e. The van der Waals surface area contributed by atoms with E-state index in [1.165, 1.54) is 11.8 Å². The molecule has 1 heterocycles. The van der Waals surface area contributed by atoms with Gasteiger partial charge in [-0.1, -0.05) is 25.1 Å². The van der Waals surface area contributed by atoms with Crippen LogP contribution in [0.15, 0.2) is 64.3 Å². The quantitative estimate of drug-likeness (QED) is 0.399. The molecule has 2 aromatic rings. The number of halogens is 1. The summed E-state index contributed by atoms with van der Waals surface area (Å²) in [7, 11) is 0. The number of thioether (sulfide) groups is 2. The zero-order valence-corrected chi connectivity index (χ0v) is 16.6. The van der Waals surface area contributed by atoms with E-state index in [0.29, 0.717) is 17.9 Å². The fourth-order valence-corrected chi connectivity index (χ4v) is 4.44. The fraction of sp³-hybridized carbons (Fsp3) is 0.250. The van der Waals surface area contributed by atoms with Gasteiger partial charge in [-0.3, -0.25) is 0 Å². The molecule has 142 valence electrons. The van der Waals surface area contributed by atoms with Crippen molar-refractivity contribution in [2.24, 2.45) is 5.92 Å². The minimum absolute atomic E-state index is 0.452. The van der Waals surface area contributed by atoms with E-state index in [1.807, 2.05) is 36.6 Å². The molecule has 0 bridgehead atoms. The largest absolute Gasteiger partial charge is 0.476 e. The van der Waals surface area contributed by atoms with E-state index in [-0.39, 0.29) is 0 Å². The van der Waals surface area contributed by atoms with Crippen molar-refractivity contribution in [2.75, 3.05) is 23.5 Å². The van der Waals surface area contributed by atoms with Crippen LogP contribution in [0.2, 0.25) is 0 Å². The molecule has 1 atom stereocenters. The number of carboxylic acids is 1. The second kappa shape index (κ2) is 8.71. The third-order valence-corrected chi connectivity index (χ3v) is 6.25. The lowest BCUT2D eigenvalue weighted by molar-refractivity contribution is -0.134. The molecule has 1 unspecified atom stereocenters. The van der Waals surface area contributed by atoms with Crippen LogP contribution in [0, 0.1) is 5.92 Å². The summed E-state index contributed by atoms with van der Waals surface area (Å²) in [5.41, 5.74) is 2.19. The van der Waals surface area contributed by atoms with Gasteiger partial charge in [0.15, 0.2) is 0 Å². The van der Waals surface area contributed by atoms with Gasteiger partial charge in [0.1, 0.15) is 12.0 Å². The number of anilines is 2. The summed E-state index contributed by atoms with van der Waals surface area (Å²) in [6.45, 7) is 3.11. The Labute approximate surface area is 166 Å². The monoisotopic (exact) mass is 405 g/mol. The lowest BCUT2D eigenvalue weighted by Crippen LogP contribution is -2.23. The van der Waals surface area contributed by atoms with Gasteiger partial charge in [0.05, 0.1) is 10.6 Å². The van der Waals surface area contributed by atoms with Crippen LogP contribution in [0.3, 0.4) is 0 Å². The number of hydrogen-bond donors (Lipinski definition) is 1. The molecule has 0 saturated heterocycles. The molecular formula is C20H20FNO3S2. The second-order valence-electron chi connectivity index (χ2n) is 6.22. The molecule has 0 saturated carbocycles. The molecule has 0 spiro atoms. The average Bonchev–Trinajstić information content (AvgIpc) is 2.84. The Morgan fingerprint density at radius 1 is 1.37 bits per heavy atom. The first-order valence-corrected chi connectivity index (χ1v) is 10.6. The Hall–Kier alpha value is -2.12. The topological polar surface area (TPSA) is 49.8 Å². The average molecular weight is 406 g/mol. The molecule has 0 aromatic heterocycles. The Balaban J connectivity index is 2.04. The molecule has 0 radical (unpaired) electrons. The highest BCUT2D eigenvalue weighted by molar-refractivity contribution is 7.99. The molecule has 1 N–H and O–H groups in total. The van der Waals surface area contributed by atoms with Gasteiger partial charge in [0, 0.05) is 22.9 Å². The van der Waals surface area contributed by atoms with Crippen LogP contribution in [-0.2, 0) is 4.79 Å². The van der Waals surface area contributed by atoms with Gasteiger partial charge in [-0.25, -0.2) is 4.79 Å². The van der Waals surface area contributed by atoms with Crippen molar-refractivity contribution in [2.45, 2.75) is 16.7 Å². The van der Waals surface area contributed by atoms with Gasteiger partial charge in [0.25, 0.3) is 0 Å². The van der Waals surface area contributed by atoms with Crippen molar-refractivity contribution in [3.05, 3.63) is 54.6 Å². The number of fused-ring (bicyclic) bond motifs is 1. The van der Waals surface area contributed by atoms with Gasteiger partial charge >= 0.3 is 5.97 Å². The summed E-state index contributed by atoms with van der Waals surface area (Å²) in [6, 6.07) is 14.1. The second-order valence-corrected chi connectivity index (χ2v) is 8.13. The minimum Gasteiger partial charge on any atom is -0.476 e. The van der Waals surface area contributed by atoms with E-state index < -0.39 is 11.8 Å². The highest BCUT2D eigenvalue weighted by Gasteiger charge is 2.23. The Kier molecular flexibility index (Phi) is 6.34. The number of para-hydroxylation sites is 1. The summed E-state index contributed by atoms with van der Waals surface area (Å²) in [5.74, 6) is -1.09. The van der Waals surface area contributed by atoms with Crippen LogP contribution < -0.4 is 9.64 Å². The predicted molar refractivity (Wildman–Crippen MR) is 109 cm³/mol. The maximum Gasteiger partial charge on any atom is 0.368 e. The number of carboxylic acid groups (broad SMARTS) is 1. The zero-order chi connectivity index (χ0) is 19.4. The van der Waals surface area contributed by atoms with Crippen LogP contribution in [0.25, 0.3) is 0 Å². The summed E-state index contributed by atoms with van der Waals surface area (Å²) >= 11 is 3.20. The SMILES string of the molecule is CSc1cc2c(cc1O/C=C(\F)C(=O)O)SCC(C)CN2c1ccccc1. The number of rotatable bonds is 5. The molecule has 2 aromatic carbocycles. The number of carbonyl (C=O) groups is 1. The summed E-state index contributed by atoms with van der Waals surface area (Å²) < 4.78 is 18.7. The van der Waals surface area contributed by atoms with Crippen molar-refractivity contribution < 1.29 is 19.0 Å². The molecule has 0 aliphatic carbocycles. The summed E-state index contributed by atoms with van der Waals surface area (Å²) in [4.78, 5) is 14.8. The number of hydrogen-bond acceptors (Lipinski definition) is 5. The number of nitrogens with zero attached hydrogens (tertiary/aromatic N) is 1. The van der Waals surface area contributed by atoms with E-state index in [1.54, 1.807) is 11.8 Å². The van der Waals surface area contributed by atoms with Crippen LogP contribution in [0.4, 0.5) is 15.8 Å². The third kappa shape index (κ3) is 4.59. The van der Waals surface area contributed by atoms with Crippen molar-refractivity contribution in [3.63, 3.8) is 0 Å². The number of benzene rings is 2. The maximum atomic E-state index is 13.3. The Morgan fingerprint density at radius 3 is 2.78 bits per heavy atom. The van der Waals surface area contributed by atoms with Crippen molar-refractivity contribution in [1.82, 2.24) is 0 Å². The fourth-order valence-electron chi connectivity index (χ4n) is 2.82. The molecule has 1 aliphatic rings. The van der Waals surface area contributed by atoms with Gasteiger partial charge < -0.3 is 14.7 Å². The molecule has 3 rings (SSSR count). The van der Waals surface area contributed by atoms with Crippen molar-refractivity contribution >= 4 is 40.9 Å². The van der Waals surface area contributed by atoms with E-state index in [9.17, 15) is 9.18 Å². The summed E-state index contributed by atoms with van der Waals surface area (Å²) in [6.07, 6.45) is 2.55. The first-order valence-electron chi connectivity index (χ1n) is 8.42. The van der Waals surface area contributed by atoms with Gasteiger partial charge in [-0.2, -0.15) is 4.39 Å². The van der Waals surface area contributed by atoms with Crippen LogP contribution in [-0.4, -0.2) is 29.6 Å². The molecule has 4 nitrogen and oxygen atoms in total. The number of aliphatic carboxylic acids is 1. The molecule has 27 heavy (non-hydrogen) atoms. The Bertz CT molecular complexity index is 858. The Morgan fingerprint density at radius 2 is 2.11 bits per heavy atom. The highest BCUT2D eigenvalue weighted by atomic mass is 32.2. The molecule has 7 heteroatoms. The lowest BCUT2D eigenvalue weighted by atomic mass is 10.1. The van der Waals surface area contributed by atoms with Crippen molar-refractivity contribution in [3.8, 4) is 5.75 Å². The predicted octanol–water partition coefficient (Wildman–Crippen LogP) is 5.56. The molecular weight excluding hydrogens is 385 g/mol. The first kappa shape index (κ1) is 19.6. The van der Waals surface area contributed by atoms with Gasteiger partial charge in [-0.05, 0) is 36.4 Å². The lowest BCUT2D eigenvalue weighted by Gasteiger charge is -2.27. The summed E-state index contributed by atoms with van der Waals surface area (Å²) in [5, 5.41) is 8.67. The highest BCUT2D eigenvalue weighted by Crippen LogP contribution is 2.44. The minimum atomic E-state index is -1.64. The standard InChI is InChI=1S/C20H20FNO3S2/c1-13-10-22(14-6-4-3-5-7-14)16-8-19(26-2)17(9-18(16)27-12-13)25-11-15(21)20(23)24/h3-9,11,13H,10,12H2,1-2H3,(H,23,24)/b15-11-. The van der Waals surface area contributed by atoms with E-state index in [0.717, 1.165) is 33.5 Å². The van der Waals surface area contributed by atoms with Crippen LogP contribution in [0.1, 0.15) is 6.92 Å². The normalized spacial score (nSPS) is 17.2. The molecule has 0 fully saturated rings. The van der Waals surface area contributed by atoms with Crippen molar-refractivity contribution in [1.29, 1.82) is 0 Å². The molecule has 0 amide bonds. The molecule has 1 aliphatic heterocycles. The van der Waals surface area contributed by atoms with E-state index in [2.05, 4.69) is 24.0 Å². The van der Waals surface area contributed by atoms with Crippen LogP contribution in [0.5, 0.6) is 5.75 Å². The van der Waals surface area contributed by atoms with E-state index >= 15 is 0 Å². The van der Waals surface area contributed by atoms with Gasteiger partial charge in [-0.15, -0.1) is 23.5 Å².